The van der Waals surface area contributed by atoms with Gasteiger partial charge in [-0.3, -0.25) is 14.4 Å². The largest absolute Gasteiger partial charge is 0.480 e. The third kappa shape index (κ3) is 8.32. The second-order valence-electron chi connectivity index (χ2n) is 4.76. The van der Waals surface area contributed by atoms with Gasteiger partial charge in [-0.05, 0) is 5.56 Å². The molecule has 0 aliphatic heterocycles. The molecule has 2 amide bonds. The molecule has 0 aliphatic carbocycles. The van der Waals surface area contributed by atoms with Crippen molar-refractivity contribution in [3.05, 3.63) is 35.9 Å². The highest BCUT2D eigenvalue weighted by Crippen LogP contribution is 2.01. The quantitative estimate of drug-likeness (QED) is 0.411. The zero-order valence-corrected chi connectivity index (χ0v) is 13.3. The lowest BCUT2D eigenvalue weighted by atomic mass is 10.2. The molecule has 25 heavy (non-hydrogen) atoms. The van der Waals surface area contributed by atoms with E-state index in [0.29, 0.717) is 0 Å². The first-order valence-electron chi connectivity index (χ1n) is 7.24. The first kappa shape index (κ1) is 19.9. The Morgan fingerprint density at radius 2 is 1.80 bits per heavy atom. The fourth-order valence-corrected chi connectivity index (χ4v) is 1.61. The molecule has 1 atom stereocenters. The summed E-state index contributed by atoms with van der Waals surface area (Å²) >= 11 is 0. The lowest BCUT2D eigenvalue weighted by Gasteiger charge is -2.17. The summed E-state index contributed by atoms with van der Waals surface area (Å²) in [6, 6.07) is 7.51. The van der Waals surface area contributed by atoms with Crippen LogP contribution in [0.5, 0.6) is 0 Å². The van der Waals surface area contributed by atoms with Crippen molar-refractivity contribution in [2.24, 2.45) is 5.73 Å². The van der Waals surface area contributed by atoms with Crippen LogP contribution >= 0.6 is 0 Å². The van der Waals surface area contributed by atoms with Crippen molar-refractivity contribution in [2.45, 2.75) is 12.6 Å². The Morgan fingerprint density at radius 3 is 2.40 bits per heavy atom. The lowest BCUT2D eigenvalue weighted by molar-refractivity contribution is -0.144. The number of carbonyl (C=O) groups is 4. The Balaban J connectivity index is 2.57. The molecular formula is C15H19N3O7. The predicted molar refractivity (Wildman–Crippen MR) is 84.2 cm³/mol. The zero-order chi connectivity index (χ0) is 18.7. The van der Waals surface area contributed by atoms with Crippen LogP contribution in [0.4, 0.5) is 4.79 Å². The van der Waals surface area contributed by atoms with Gasteiger partial charge in [0.25, 0.3) is 0 Å². The molecular weight excluding hydrogens is 334 g/mol. The van der Waals surface area contributed by atoms with E-state index in [2.05, 4.69) is 10.6 Å². The number of carbonyl (C=O) groups excluding carboxylic acids is 3. The standard InChI is InChI=1S/C15H19N3O7/c16-6-13(21)24-9-11(14(22)17-7-12(19)20)18-15(23)25-8-10-4-2-1-3-5-10/h1-5,11H,6-9,16H2,(H,17,22)(H,18,23)(H,19,20). The number of alkyl carbamates (subject to hydrolysis) is 1. The molecule has 1 rings (SSSR count). The molecule has 0 aliphatic rings. The highest BCUT2D eigenvalue weighted by atomic mass is 16.6. The molecule has 0 saturated heterocycles. The molecule has 136 valence electrons. The van der Waals surface area contributed by atoms with E-state index in [0.717, 1.165) is 5.56 Å². The molecule has 0 heterocycles. The normalized spacial score (nSPS) is 11.1. The summed E-state index contributed by atoms with van der Waals surface area (Å²) < 4.78 is 9.66. The van der Waals surface area contributed by atoms with E-state index < -0.39 is 49.7 Å². The number of nitrogens with two attached hydrogens (primary N) is 1. The zero-order valence-electron chi connectivity index (χ0n) is 13.3. The number of hydrogen-bond acceptors (Lipinski definition) is 7. The summed E-state index contributed by atoms with van der Waals surface area (Å²) in [4.78, 5) is 45.3. The van der Waals surface area contributed by atoms with Gasteiger partial charge in [0.1, 0.15) is 25.8 Å². The van der Waals surface area contributed by atoms with Crippen LogP contribution in [0, 0.1) is 0 Å². The Hall–Kier alpha value is -3.14. The Bertz CT molecular complexity index is 606. The number of rotatable bonds is 9. The minimum Gasteiger partial charge on any atom is -0.480 e. The van der Waals surface area contributed by atoms with Gasteiger partial charge in [0.2, 0.25) is 5.91 Å². The number of aliphatic carboxylic acids is 1. The third-order valence-electron chi connectivity index (χ3n) is 2.81. The average Bonchev–Trinajstić information content (AvgIpc) is 2.61. The highest BCUT2D eigenvalue weighted by molar-refractivity contribution is 5.88. The maximum absolute atomic E-state index is 11.9. The van der Waals surface area contributed by atoms with Crippen molar-refractivity contribution in [1.29, 1.82) is 0 Å². The molecule has 5 N–H and O–H groups in total. The van der Waals surface area contributed by atoms with Gasteiger partial charge in [-0.1, -0.05) is 30.3 Å². The summed E-state index contributed by atoms with van der Waals surface area (Å²) in [5, 5.41) is 12.8. The van der Waals surface area contributed by atoms with Gasteiger partial charge in [0, 0.05) is 0 Å². The molecule has 10 nitrogen and oxygen atoms in total. The number of benzene rings is 1. The maximum Gasteiger partial charge on any atom is 0.408 e. The van der Waals surface area contributed by atoms with E-state index in [4.69, 9.17) is 20.3 Å². The van der Waals surface area contributed by atoms with Gasteiger partial charge in [-0.25, -0.2) is 4.79 Å². The number of hydrogen-bond donors (Lipinski definition) is 4. The summed E-state index contributed by atoms with van der Waals surface area (Å²) in [6.07, 6.45) is -0.928. The topological polar surface area (TPSA) is 157 Å². The van der Waals surface area contributed by atoms with E-state index >= 15 is 0 Å². The number of nitrogens with one attached hydrogen (secondary N) is 2. The van der Waals surface area contributed by atoms with Gasteiger partial charge in [-0.2, -0.15) is 0 Å². The molecule has 0 saturated carbocycles. The van der Waals surface area contributed by atoms with Gasteiger partial charge in [0.15, 0.2) is 0 Å². The predicted octanol–water partition coefficient (Wildman–Crippen LogP) is -1.02. The SMILES string of the molecule is NCC(=O)OCC(NC(=O)OCc1ccccc1)C(=O)NCC(=O)O. The number of carboxylic acid groups (broad SMARTS) is 1. The van der Waals surface area contributed by atoms with Crippen LogP contribution in [-0.2, 0) is 30.5 Å². The molecule has 0 fully saturated rings. The van der Waals surface area contributed by atoms with E-state index in [9.17, 15) is 19.2 Å². The summed E-state index contributed by atoms with van der Waals surface area (Å²) in [6.45, 7) is -1.59. The third-order valence-corrected chi connectivity index (χ3v) is 2.81. The van der Waals surface area contributed by atoms with E-state index in [1.165, 1.54) is 0 Å². The molecule has 0 aromatic heterocycles. The first-order chi connectivity index (χ1) is 11.9. The van der Waals surface area contributed by atoms with Crippen LogP contribution in [-0.4, -0.2) is 54.8 Å². The van der Waals surface area contributed by atoms with Crippen molar-refractivity contribution in [1.82, 2.24) is 10.6 Å². The van der Waals surface area contributed by atoms with Crippen molar-refractivity contribution in [2.75, 3.05) is 19.7 Å². The Kier molecular flexibility index (Phi) is 8.44. The van der Waals surface area contributed by atoms with Crippen LogP contribution < -0.4 is 16.4 Å². The minimum absolute atomic E-state index is 0.0290. The Labute approximate surface area is 143 Å². The minimum atomic E-state index is -1.32. The average molecular weight is 353 g/mol. The van der Waals surface area contributed by atoms with Crippen LogP contribution in [0.1, 0.15) is 5.56 Å². The number of carboxylic acids is 1. The molecule has 0 spiro atoms. The van der Waals surface area contributed by atoms with Crippen LogP contribution in [0.15, 0.2) is 30.3 Å². The first-order valence-corrected chi connectivity index (χ1v) is 7.24. The Morgan fingerprint density at radius 1 is 1.12 bits per heavy atom. The van der Waals surface area contributed by atoms with Gasteiger partial charge >= 0.3 is 18.0 Å². The fraction of sp³-hybridized carbons (Fsp3) is 0.333. The van der Waals surface area contributed by atoms with Crippen molar-refractivity contribution < 1.29 is 33.8 Å². The number of ether oxygens (including phenoxy) is 2. The van der Waals surface area contributed by atoms with E-state index in [-0.39, 0.29) is 6.61 Å². The van der Waals surface area contributed by atoms with Crippen molar-refractivity contribution in [3.63, 3.8) is 0 Å². The summed E-state index contributed by atoms with van der Waals surface area (Å²) in [5.41, 5.74) is 5.82. The number of esters is 1. The second-order valence-corrected chi connectivity index (χ2v) is 4.76. The summed E-state index contributed by atoms with van der Waals surface area (Å²) in [5.74, 6) is -2.89. The molecule has 1 aromatic carbocycles. The summed E-state index contributed by atoms with van der Waals surface area (Å²) in [7, 11) is 0. The smallest absolute Gasteiger partial charge is 0.408 e. The molecule has 0 radical (unpaired) electrons. The lowest BCUT2D eigenvalue weighted by Crippen LogP contribution is -2.50. The molecule has 0 bridgehead atoms. The van der Waals surface area contributed by atoms with Gasteiger partial charge in [-0.15, -0.1) is 0 Å². The maximum atomic E-state index is 11.9. The molecule has 10 heteroatoms. The van der Waals surface area contributed by atoms with Crippen molar-refractivity contribution >= 4 is 23.9 Å². The van der Waals surface area contributed by atoms with Crippen LogP contribution in [0.3, 0.4) is 0 Å². The van der Waals surface area contributed by atoms with Crippen molar-refractivity contribution in [3.8, 4) is 0 Å². The number of amides is 2. The molecule has 1 unspecified atom stereocenters. The van der Waals surface area contributed by atoms with E-state index in [1.54, 1.807) is 30.3 Å². The van der Waals surface area contributed by atoms with Gasteiger partial charge < -0.3 is 30.9 Å². The monoisotopic (exact) mass is 353 g/mol. The second kappa shape index (κ2) is 10.6. The fourth-order valence-electron chi connectivity index (χ4n) is 1.61. The van der Waals surface area contributed by atoms with Crippen LogP contribution in [0.2, 0.25) is 0 Å². The molecule has 1 aromatic rings. The highest BCUT2D eigenvalue weighted by Gasteiger charge is 2.23. The van der Waals surface area contributed by atoms with Crippen LogP contribution in [0.25, 0.3) is 0 Å². The van der Waals surface area contributed by atoms with Gasteiger partial charge in [0.05, 0.1) is 6.54 Å². The van der Waals surface area contributed by atoms with E-state index in [1.807, 2.05) is 0 Å².